The Kier molecular flexibility index (Phi) is 3.54. The summed E-state index contributed by atoms with van der Waals surface area (Å²) in [5.41, 5.74) is 1.40. The smallest absolute Gasteiger partial charge is 0.274 e. The van der Waals surface area contributed by atoms with Gasteiger partial charge in [-0.25, -0.2) is 9.37 Å². The van der Waals surface area contributed by atoms with Gasteiger partial charge in [0.2, 0.25) is 0 Å². The predicted octanol–water partition coefficient (Wildman–Crippen LogP) is 2.02. The number of nitrogens with zero attached hydrogens (tertiary/aromatic N) is 2. The highest BCUT2D eigenvalue weighted by molar-refractivity contribution is 7.15. The van der Waals surface area contributed by atoms with Crippen LogP contribution >= 0.6 is 11.3 Å². The van der Waals surface area contributed by atoms with Crippen molar-refractivity contribution >= 4 is 17.2 Å². The van der Waals surface area contributed by atoms with Crippen molar-refractivity contribution in [2.24, 2.45) is 0 Å². The van der Waals surface area contributed by atoms with Crippen LogP contribution in [0.3, 0.4) is 0 Å². The fourth-order valence-electron chi connectivity index (χ4n) is 2.01. The molecule has 0 spiro atoms. The maximum Gasteiger partial charge on any atom is 0.274 e. The summed E-state index contributed by atoms with van der Waals surface area (Å²) in [7, 11) is 0. The summed E-state index contributed by atoms with van der Waals surface area (Å²) in [6, 6.07) is 6.01. The summed E-state index contributed by atoms with van der Waals surface area (Å²) in [4.78, 5) is 16.5. The lowest BCUT2D eigenvalue weighted by molar-refractivity contribution is 0.0950. The van der Waals surface area contributed by atoms with E-state index in [1.165, 1.54) is 23.5 Å². The average Bonchev–Trinajstić information content (AvgIpc) is 2.91. The minimum atomic E-state index is -0.553. The number of hydrogen-bond donors (Lipinski definition) is 1. The van der Waals surface area contributed by atoms with Gasteiger partial charge in [-0.05, 0) is 17.7 Å². The van der Waals surface area contributed by atoms with Gasteiger partial charge in [0.1, 0.15) is 23.4 Å². The van der Waals surface area contributed by atoms with Gasteiger partial charge in [-0.1, -0.05) is 17.4 Å². The molecular formula is C14H10FN3O2S. The third-order valence-corrected chi connectivity index (χ3v) is 4.05. The number of rotatable bonds is 3. The maximum atomic E-state index is 13.2. The quantitative estimate of drug-likeness (QED) is 0.941. The van der Waals surface area contributed by atoms with E-state index in [2.05, 4.69) is 10.3 Å². The number of nitriles is 1. The molecule has 1 amide bonds. The van der Waals surface area contributed by atoms with E-state index in [4.69, 9.17) is 10.00 Å². The number of nitrogens with one attached hydrogen (secondary N) is 1. The molecule has 0 bridgehead atoms. The van der Waals surface area contributed by atoms with Crippen LogP contribution in [0.5, 0.6) is 5.19 Å². The number of benzene rings is 1. The molecule has 2 heterocycles. The number of aromatic nitrogens is 1. The molecular weight excluding hydrogens is 293 g/mol. The minimum absolute atomic E-state index is 0.0195. The van der Waals surface area contributed by atoms with Gasteiger partial charge in [0.25, 0.3) is 11.1 Å². The number of hydrogen-bond acceptors (Lipinski definition) is 5. The highest BCUT2D eigenvalue weighted by atomic mass is 32.1. The molecule has 0 saturated heterocycles. The number of fused-ring (bicyclic) bond motifs is 1. The number of amides is 1. The van der Waals surface area contributed by atoms with Gasteiger partial charge in [-0.3, -0.25) is 4.79 Å². The molecule has 0 unspecified atom stereocenters. The van der Waals surface area contributed by atoms with Crippen LogP contribution in [0.1, 0.15) is 26.5 Å². The molecule has 2 aromatic rings. The third kappa shape index (κ3) is 2.71. The first-order valence-corrected chi connectivity index (χ1v) is 7.08. The molecule has 0 atom stereocenters. The second-order valence-electron chi connectivity index (χ2n) is 4.48. The largest absolute Gasteiger partial charge is 0.465 e. The van der Waals surface area contributed by atoms with E-state index in [0.717, 1.165) is 5.69 Å². The predicted molar refractivity (Wildman–Crippen MR) is 73.6 cm³/mol. The fraction of sp³-hybridized carbons (Fsp3) is 0.214. The van der Waals surface area contributed by atoms with Gasteiger partial charge < -0.3 is 10.1 Å². The number of carbonyl (C=O) groups excluding carboxylic acids is 1. The first-order valence-electron chi connectivity index (χ1n) is 6.26. The molecule has 0 saturated carbocycles. The molecule has 0 fully saturated rings. The number of halogens is 1. The lowest BCUT2D eigenvalue weighted by atomic mass is 10.1. The zero-order valence-corrected chi connectivity index (χ0v) is 11.7. The van der Waals surface area contributed by atoms with Crippen LogP contribution in [0.25, 0.3) is 0 Å². The Morgan fingerprint density at radius 2 is 2.38 bits per heavy atom. The summed E-state index contributed by atoms with van der Waals surface area (Å²) in [6.45, 7) is 0.751. The van der Waals surface area contributed by atoms with Crippen molar-refractivity contribution in [1.82, 2.24) is 10.3 Å². The van der Waals surface area contributed by atoms with Crippen LogP contribution in [-0.4, -0.2) is 17.4 Å². The fourth-order valence-corrected chi connectivity index (χ4v) is 2.88. The van der Waals surface area contributed by atoms with E-state index >= 15 is 0 Å². The van der Waals surface area contributed by atoms with Crippen molar-refractivity contribution < 1.29 is 13.9 Å². The van der Waals surface area contributed by atoms with Crippen molar-refractivity contribution in [3.63, 3.8) is 0 Å². The van der Waals surface area contributed by atoms with Gasteiger partial charge in [-0.15, -0.1) is 0 Å². The van der Waals surface area contributed by atoms with Crippen molar-refractivity contribution in [3.05, 3.63) is 45.7 Å². The Hall–Kier alpha value is -2.46. The summed E-state index contributed by atoms with van der Waals surface area (Å²) in [6.07, 6.45) is 0.691. The number of carbonyl (C=O) groups is 1. The molecule has 106 valence electrons. The van der Waals surface area contributed by atoms with Crippen LogP contribution in [0.4, 0.5) is 4.39 Å². The molecule has 0 aliphatic carbocycles. The van der Waals surface area contributed by atoms with Gasteiger partial charge in [0.15, 0.2) is 0 Å². The number of ether oxygens (including phenoxy) is 1. The standard InChI is InChI=1S/C14H10FN3O2S/c15-10-2-1-8(5-9(10)6-16)7-20-14-18-11-3-4-17-13(19)12(11)21-14/h1-2,5H,3-4,7H2,(H,17,19). The van der Waals surface area contributed by atoms with Gasteiger partial charge in [0, 0.05) is 13.0 Å². The molecule has 7 heteroatoms. The van der Waals surface area contributed by atoms with Gasteiger partial charge in [-0.2, -0.15) is 5.26 Å². The van der Waals surface area contributed by atoms with E-state index in [1.54, 1.807) is 12.1 Å². The summed E-state index contributed by atoms with van der Waals surface area (Å²) < 4.78 is 18.7. The molecule has 1 N–H and O–H groups in total. The lowest BCUT2D eigenvalue weighted by Gasteiger charge is -2.08. The van der Waals surface area contributed by atoms with E-state index in [0.29, 0.717) is 28.6 Å². The molecule has 1 aromatic carbocycles. The number of thiazole rings is 1. The molecule has 3 rings (SSSR count). The normalized spacial score (nSPS) is 13.2. The highest BCUT2D eigenvalue weighted by Gasteiger charge is 2.22. The van der Waals surface area contributed by atoms with E-state index in [9.17, 15) is 9.18 Å². The zero-order chi connectivity index (χ0) is 14.8. The first-order chi connectivity index (χ1) is 10.2. The monoisotopic (exact) mass is 303 g/mol. The van der Waals surface area contributed by atoms with Crippen molar-refractivity contribution in [1.29, 1.82) is 5.26 Å². The summed E-state index contributed by atoms with van der Waals surface area (Å²) >= 11 is 1.19. The second kappa shape index (κ2) is 5.50. The van der Waals surface area contributed by atoms with Crippen LogP contribution < -0.4 is 10.1 Å². The van der Waals surface area contributed by atoms with Crippen molar-refractivity contribution in [3.8, 4) is 11.3 Å². The topological polar surface area (TPSA) is 75.0 Å². The first kappa shape index (κ1) is 13.5. The lowest BCUT2D eigenvalue weighted by Crippen LogP contribution is -2.30. The third-order valence-electron chi connectivity index (χ3n) is 3.04. The Balaban J connectivity index is 1.74. The summed E-state index contributed by atoms with van der Waals surface area (Å²) in [5, 5.41) is 11.9. The molecule has 5 nitrogen and oxygen atoms in total. The Bertz CT molecular complexity index is 751. The van der Waals surface area contributed by atoms with Crippen LogP contribution in [0.15, 0.2) is 18.2 Å². The van der Waals surface area contributed by atoms with E-state index < -0.39 is 5.82 Å². The minimum Gasteiger partial charge on any atom is -0.465 e. The second-order valence-corrected chi connectivity index (χ2v) is 5.44. The van der Waals surface area contributed by atoms with Gasteiger partial charge >= 0.3 is 0 Å². The van der Waals surface area contributed by atoms with Crippen LogP contribution in [0.2, 0.25) is 0 Å². The van der Waals surface area contributed by atoms with E-state index in [1.807, 2.05) is 0 Å². The average molecular weight is 303 g/mol. The van der Waals surface area contributed by atoms with Crippen molar-refractivity contribution in [2.75, 3.05) is 6.54 Å². The van der Waals surface area contributed by atoms with Crippen molar-refractivity contribution in [2.45, 2.75) is 13.0 Å². The van der Waals surface area contributed by atoms with Crippen LogP contribution in [-0.2, 0) is 13.0 Å². The Morgan fingerprint density at radius 1 is 1.52 bits per heavy atom. The zero-order valence-electron chi connectivity index (χ0n) is 10.9. The van der Waals surface area contributed by atoms with Crippen LogP contribution in [0, 0.1) is 17.1 Å². The van der Waals surface area contributed by atoms with Gasteiger partial charge in [0.05, 0.1) is 11.3 Å². The molecule has 1 aromatic heterocycles. The maximum absolute atomic E-state index is 13.2. The summed E-state index contributed by atoms with van der Waals surface area (Å²) in [5.74, 6) is -0.681. The molecule has 21 heavy (non-hydrogen) atoms. The SMILES string of the molecule is N#Cc1cc(COc2nc3c(s2)C(=O)NCC3)ccc1F. The Labute approximate surface area is 124 Å². The molecule has 1 aliphatic heterocycles. The Morgan fingerprint density at radius 3 is 3.14 bits per heavy atom. The highest BCUT2D eigenvalue weighted by Crippen LogP contribution is 2.27. The molecule has 0 radical (unpaired) electrons. The molecule has 1 aliphatic rings. The van der Waals surface area contributed by atoms with E-state index in [-0.39, 0.29) is 18.1 Å².